The molecule has 0 aliphatic carbocycles. The Morgan fingerprint density at radius 2 is 2.05 bits per heavy atom. The van der Waals surface area contributed by atoms with Gasteiger partial charge in [-0.3, -0.25) is 4.98 Å². The van der Waals surface area contributed by atoms with Crippen molar-refractivity contribution >= 4 is 16.6 Å². The Labute approximate surface area is 123 Å². The molecule has 2 aromatic heterocycles. The van der Waals surface area contributed by atoms with E-state index in [0.717, 1.165) is 16.6 Å². The molecule has 0 saturated carbocycles. The van der Waals surface area contributed by atoms with Crippen molar-refractivity contribution in [1.29, 1.82) is 0 Å². The first kappa shape index (κ1) is 13.4. The molecule has 0 saturated heterocycles. The fraction of sp³-hybridized carbons (Fsp3) is 0.250. The summed E-state index contributed by atoms with van der Waals surface area (Å²) in [4.78, 5) is 4.33. The summed E-state index contributed by atoms with van der Waals surface area (Å²) >= 11 is 0. The molecule has 5 heteroatoms. The third-order valence-electron chi connectivity index (χ3n) is 3.40. The maximum Gasteiger partial charge on any atom is 0.241 e. The zero-order valence-corrected chi connectivity index (χ0v) is 12.4. The molecule has 3 rings (SSSR count). The van der Waals surface area contributed by atoms with Crippen LogP contribution in [-0.2, 0) is 7.05 Å². The van der Waals surface area contributed by atoms with Crippen LogP contribution in [0.3, 0.4) is 0 Å². The van der Waals surface area contributed by atoms with E-state index in [0.29, 0.717) is 17.3 Å². The fourth-order valence-electron chi connectivity index (χ4n) is 2.31. The topological polar surface area (TPSA) is 66.0 Å². The molecular formula is C16H18N4O. The molecule has 1 aromatic carbocycles. The SMILES string of the molecule is CC(C)c1nn(C)c(Oc2ccc3cccnc3c2)c1N. The monoisotopic (exact) mass is 282 g/mol. The molecule has 21 heavy (non-hydrogen) atoms. The van der Waals surface area contributed by atoms with Gasteiger partial charge in [-0.25, -0.2) is 4.68 Å². The van der Waals surface area contributed by atoms with Gasteiger partial charge in [0, 0.05) is 24.7 Å². The summed E-state index contributed by atoms with van der Waals surface area (Å²) in [5.41, 5.74) is 8.47. The van der Waals surface area contributed by atoms with Gasteiger partial charge in [0.15, 0.2) is 0 Å². The van der Waals surface area contributed by atoms with E-state index in [2.05, 4.69) is 23.9 Å². The first-order chi connectivity index (χ1) is 10.1. The van der Waals surface area contributed by atoms with Crippen LogP contribution in [0.4, 0.5) is 5.69 Å². The number of hydrogen-bond acceptors (Lipinski definition) is 4. The zero-order valence-electron chi connectivity index (χ0n) is 12.4. The second-order valence-electron chi connectivity index (χ2n) is 5.34. The largest absolute Gasteiger partial charge is 0.437 e. The maximum atomic E-state index is 6.14. The summed E-state index contributed by atoms with van der Waals surface area (Å²) in [6, 6.07) is 9.72. The van der Waals surface area contributed by atoms with Crippen LogP contribution in [-0.4, -0.2) is 14.8 Å². The number of nitrogens with two attached hydrogens (primary N) is 1. The van der Waals surface area contributed by atoms with E-state index in [9.17, 15) is 0 Å². The predicted octanol–water partition coefficient (Wildman–Crippen LogP) is 3.47. The minimum atomic E-state index is 0.256. The summed E-state index contributed by atoms with van der Waals surface area (Å²) in [7, 11) is 1.83. The van der Waals surface area contributed by atoms with Crippen molar-refractivity contribution in [3.63, 3.8) is 0 Å². The van der Waals surface area contributed by atoms with Crippen LogP contribution in [0.5, 0.6) is 11.6 Å². The van der Waals surface area contributed by atoms with Gasteiger partial charge in [-0.15, -0.1) is 0 Å². The van der Waals surface area contributed by atoms with Gasteiger partial charge in [0.2, 0.25) is 5.88 Å². The lowest BCUT2D eigenvalue weighted by atomic mass is 10.1. The fourth-order valence-corrected chi connectivity index (χ4v) is 2.31. The van der Waals surface area contributed by atoms with E-state index < -0.39 is 0 Å². The molecule has 0 bridgehead atoms. The zero-order chi connectivity index (χ0) is 15.0. The molecule has 0 aliphatic rings. The summed E-state index contributed by atoms with van der Waals surface area (Å²) in [6.45, 7) is 4.12. The van der Waals surface area contributed by atoms with Crippen LogP contribution in [0, 0.1) is 0 Å². The molecule has 0 aliphatic heterocycles. The highest BCUT2D eigenvalue weighted by Gasteiger charge is 2.17. The second kappa shape index (κ2) is 5.09. The normalized spacial score (nSPS) is 11.2. The van der Waals surface area contributed by atoms with Crippen molar-refractivity contribution in [3.05, 3.63) is 42.2 Å². The van der Waals surface area contributed by atoms with Gasteiger partial charge in [0.05, 0.1) is 11.2 Å². The van der Waals surface area contributed by atoms with Gasteiger partial charge in [0.1, 0.15) is 11.4 Å². The predicted molar refractivity (Wildman–Crippen MR) is 83.5 cm³/mol. The van der Waals surface area contributed by atoms with E-state index in [1.165, 1.54) is 0 Å². The molecule has 0 radical (unpaired) electrons. The highest BCUT2D eigenvalue weighted by molar-refractivity contribution is 5.79. The summed E-state index contributed by atoms with van der Waals surface area (Å²) < 4.78 is 7.59. The lowest BCUT2D eigenvalue weighted by molar-refractivity contribution is 0.433. The average Bonchev–Trinajstić information content (AvgIpc) is 2.75. The molecular weight excluding hydrogens is 264 g/mol. The van der Waals surface area contributed by atoms with E-state index in [1.807, 2.05) is 37.4 Å². The molecule has 0 spiro atoms. The first-order valence-corrected chi connectivity index (χ1v) is 6.91. The van der Waals surface area contributed by atoms with Gasteiger partial charge >= 0.3 is 0 Å². The quantitative estimate of drug-likeness (QED) is 0.798. The number of aryl methyl sites for hydroxylation is 1. The van der Waals surface area contributed by atoms with Gasteiger partial charge < -0.3 is 10.5 Å². The Balaban J connectivity index is 1.98. The number of nitrogens with zero attached hydrogens (tertiary/aromatic N) is 3. The van der Waals surface area contributed by atoms with Crippen LogP contribution in [0.25, 0.3) is 10.9 Å². The lowest BCUT2D eigenvalue weighted by Crippen LogP contribution is -1.97. The summed E-state index contributed by atoms with van der Waals surface area (Å²) in [5, 5.41) is 5.49. The summed E-state index contributed by atoms with van der Waals surface area (Å²) in [6.07, 6.45) is 1.77. The molecule has 2 N–H and O–H groups in total. The number of fused-ring (bicyclic) bond motifs is 1. The van der Waals surface area contributed by atoms with Crippen LogP contribution >= 0.6 is 0 Å². The first-order valence-electron chi connectivity index (χ1n) is 6.91. The minimum Gasteiger partial charge on any atom is -0.437 e. The van der Waals surface area contributed by atoms with Crippen molar-refractivity contribution in [2.75, 3.05) is 5.73 Å². The Kier molecular flexibility index (Phi) is 3.25. The number of ether oxygens (including phenoxy) is 1. The molecule has 0 unspecified atom stereocenters. The molecule has 108 valence electrons. The van der Waals surface area contributed by atoms with Gasteiger partial charge in [-0.1, -0.05) is 19.9 Å². The standard InChI is InChI=1S/C16H18N4O/c1-10(2)15-14(17)16(20(3)19-15)21-12-7-6-11-5-4-8-18-13(11)9-12/h4-10H,17H2,1-3H3. The number of nitrogen functional groups attached to an aromatic ring is 1. The van der Waals surface area contributed by atoms with E-state index in [-0.39, 0.29) is 5.92 Å². The number of hydrogen-bond donors (Lipinski definition) is 1. The van der Waals surface area contributed by atoms with Crippen molar-refractivity contribution in [3.8, 4) is 11.6 Å². The van der Waals surface area contributed by atoms with Crippen molar-refractivity contribution in [1.82, 2.24) is 14.8 Å². The highest BCUT2D eigenvalue weighted by atomic mass is 16.5. The van der Waals surface area contributed by atoms with Crippen molar-refractivity contribution < 1.29 is 4.74 Å². The Morgan fingerprint density at radius 3 is 2.76 bits per heavy atom. The van der Waals surface area contributed by atoms with E-state index >= 15 is 0 Å². The molecule has 2 heterocycles. The maximum absolute atomic E-state index is 6.14. The number of anilines is 1. The Morgan fingerprint density at radius 1 is 1.24 bits per heavy atom. The lowest BCUT2D eigenvalue weighted by Gasteiger charge is -2.07. The molecule has 0 atom stereocenters. The smallest absolute Gasteiger partial charge is 0.241 e. The van der Waals surface area contributed by atoms with Crippen LogP contribution in [0.15, 0.2) is 36.5 Å². The van der Waals surface area contributed by atoms with Gasteiger partial charge in [-0.2, -0.15) is 5.10 Å². The van der Waals surface area contributed by atoms with E-state index in [4.69, 9.17) is 10.5 Å². The number of aromatic nitrogens is 3. The van der Waals surface area contributed by atoms with E-state index in [1.54, 1.807) is 10.9 Å². The van der Waals surface area contributed by atoms with Gasteiger partial charge in [-0.05, 0) is 24.1 Å². The second-order valence-corrected chi connectivity index (χ2v) is 5.34. The van der Waals surface area contributed by atoms with Crippen molar-refractivity contribution in [2.24, 2.45) is 7.05 Å². The number of benzene rings is 1. The van der Waals surface area contributed by atoms with Gasteiger partial charge in [0.25, 0.3) is 0 Å². The average molecular weight is 282 g/mol. The molecule has 5 nitrogen and oxygen atoms in total. The van der Waals surface area contributed by atoms with Crippen LogP contribution in [0.1, 0.15) is 25.5 Å². The summed E-state index contributed by atoms with van der Waals surface area (Å²) in [5.74, 6) is 1.52. The Bertz CT molecular complexity index is 792. The van der Waals surface area contributed by atoms with Crippen molar-refractivity contribution in [2.45, 2.75) is 19.8 Å². The van der Waals surface area contributed by atoms with Crippen LogP contribution < -0.4 is 10.5 Å². The minimum absolute atomic E-state index is 0.256. The third-order valence-corrected chi connectivity index (χ3v) is 3.40. The number of pyridine rings is 1. The third kappa shape index (κ3) is 2.42. The molecule has 3 aromatic rings. The molecule has 0 amide bonds. The van der Waals surface area contributed by atoms with Crippen LogP contribution in [0.2, 0.25) is 0 Å². The molecule has 0 fully saturated rings. The highest BCUT2D eigenvalue weighted by Crippen LogP contribution is 2.33. The number of rotatable bonds is 3. The Hall–Kier alpha value is -2.56.